The number of ether oxygens (including phenoxy) is 1. The molecular weight excluding hydrogens is 212 g/mol. The first-order chi connectivity index (χ1) is 7.93. The molecule has 1 unspecified atom stereocenters. The largest absolute Gasteiger partial charge is 0.496 e. The Morgan fingerprint density at radius 3 is 2.18 bits per heavy atom. The minimum atomic E-state index is 0.235. The van der Waals surface area contributed by atoms with E-state index in [2.05, 4.69) is 51.1 Å². The molecule has 0 radical (unpaired) electrons. The maximum absolute atomic E-state index is 5.45. The Hall–Kier alpha value is -1.06. The molecule has 1 aromatic carbocycles. The van der Waals surface area contributed by atoms with E-state index in [9.17, 15) is 0 Å². The van der Waals surface area contributed by atoms with Crippen molar-refractivity contribution in [1.29, 1.82) is 0 Å². The number of nitrogens with one attached hydrogen (secondary N) is 1. The van der Waals surface area contributed by atoms with Gasteiger partial charge in [0, 0.05) is 0 Å². The second-order valence-electron chi connectivity index (χ2n) is 4.72. The molecule has 0 aliphatic carbocycles. The summed E-state index contributed by atoms with van der Waals surface area (Å²) in [5, 5.41) is 3.34. The van der Waals surface area contributed by atoms with Crippen LogP contribution >= 0.6 is 0 Å². The lowest BCUT2D eigenvalue weighted by Crippen LogP contribution is -2.31. The van der Waals surface area contributed by atoms with Crippen LogP contribution in [0.25, 0.3) is 0 Å². The fourth-order valence-corrected chi connectivity index (χ4v) is 2.38. The zero-order chi connectivity index (χ0) is 13.2. The third kappa shape index (κ3) is 2.61. The number of methoxy groups -OCH3 is 1. The van der Waals surface area contributed by atoms with Gasteiger partial charge in [-0.15, -0.1) is 0 Å². The fraction of sp³-hybridized carbons (Fsp3) is 0.571. The Balaban J connectivity index is 3.36. The highest BCUT2D eigenvalue weighted by Gasteiger charge is 2.18. The maximum atomic E-state index is 5.45. The van der Waals surface area contributed by atoms with Gasteiger partial charge in [-0.2, -0.15) is 0 Å². The fourth-order valence-electron chi connectivity index (χ4n) is 2.38. The lowest BCUT2D eigenvalue weighted by molar-refractivity contribution is 0.263. The summed E-state index contributed by atoms with van der Waals surface area (Å²) < 4.78 is 5.45. The van der Waals surface area contributed by atoms with Crippen molar-refractivity contribution in [2.45, 2.75) is 26.9 Å². The molecule has 0 saturated heterocycles. The molecule has 1 N–H and O–H groups in total. The van der Waals surface area contributed by atoms with Gasteiger partial charge in [0.2, 0.25) is 0 Å². The molecular formula is C14H24N2O. The van der Waals surface area contributed by atoms with Gasteiger partial charge >= 0.3 is 0 Å². The Labute approximate surface area is 105 Å². The second-order valence-corrected chi connectivity index (χ2v) is 4.72. The minimum Gasteiger partial charge on any atom is -0.496 e. The zero-order valence-corrected chi connectivity index (χ0v) is 12.0. The van der Waals surface area contributed by atoms with Crippen LogP contribution in [0.5, 0.6) is 5.75 Å². The number of nitrogens with zero attached hydrogens (tertiary/aromatic N) is 1. The van der Waals surface area contributed by atoms with Crippen LogP contribution in [-0.4, -0.2) is 33.2 Å². The lowest BCUT2D eigenvalue weighted by Gasteiger charge is -2.27. The summed E-state index contributed by atoms with van der Waals surface area (Å²) >= 11 is 0. The summed E-state index contributed by atoms with van der Waals surface area (Å²) in [6.07, 6.45) is 0.235. The van der Waals surface area contributed by atoms with Gasteiger partial charge in [0.25, 0.3) is 0 Å². The SMILES string of the molecule is CNC(c1cc(C)c(OC)c(C)c1C)N(C)C. The number of benzene rings is 1. The molecule has 0 amide bonds. The highest BCUT2D eigenvalue weighted by atomic mass is 16.5. The number of hydrogen-bond donors (Lipinski definition) is 1. The van der Waals surface area contributed by atoms with Crippen molar-refractivity contribution in [3.05, 3.63) is 28.3 Å². The van der Waals surface area contributed by atoms with E-state index in [4.69, 9.17) is 4.74 Å². The molecule has 0 aromatic heterocycles. The van der Waals surface area contributed by atoms with Crippen LogP contribution in [0.3, 0.4) is 0 Å². The van der Waals surface area contributed by atoms with Crippen LogP contribution in [0, 0.1) is 20.8 Å². The molecule has 0 heterocycles. The first-order valence-corrected chi connectivity index (χ1v) is 5.92. The van der Waals surface area contributed by atoms with Crippen molar-refractivity contribution in [2.75, 3.05) is 28.3 Å². The predicted octanol–water partition coefficient (Wildman–Crippen LogP) is 2.40. The molecule has 0 aliphatic rings. The van der Waals surface area contributed by atoms with E-state index in [1.165, 1.54) is 22.3 Å². The van der Waals surface area contributed by atoms with E-state index in [0.29, 0.717) is 0 Å². The molecule has 0 spiro atoms. The van der Waals surface area contributed by atoms with Crippen LogP contribution in [-0.2, 0) is 0 Å². The summed E-state index contributed by atoms with van der Waals surface area (Å²) in [5.74, 6) is 1.000. The number of aryl methyl sites for hydroxylation is 1. The highest BCUT2D eigenvalue weighted by Crippen LogP contribution is 2.31. The lowest BCUT2D eigenvalue weighted by atomic mass is 9.96. The summed E-state index contributed by atoms with van der Waals surface area (Å²) in [4.78, 5) is 2.17. The van der Waals surface area contributed by atoms with Gasteiger partial charge in [-0.05, 0) is 70.2 Å². The third-order valence-electron chi connectivity index (χ3n) is 3.35. The van der Waals surface area contributed by atoms with Crippen molar-refractivity contribution in [3.8, 4) is 5.75 Å². The van der Waals surface area contributed by atoms with Gasteiger partial charge in [-0.25, -0.2) is 0 Å². The van der Waals surface area contributed by atoms with Gasteiger partial charge in [-0.3, -0.25) is 4.90 Å². The van der Waals surface area contributed by atoms with E-state index in [1.807, 2.05) is 7.05 Å². The van der Waals surface area contributed by atoms with E-state index < -0.39 is 0 Å². The Morgan fingerprint density at radius 1 is 1.18 bits per heavy atom. The molecule has 0 fully saturated rings. The molecule has 0 aliphatic heterocycles. The Bertz CT molecular complexity index is 400. The van der Waals surface area contributed by atoms with Gasteiger partial charge in [-0.1, -0.05) is 0 Å². The van der Waals surface area contributed by atoms with E-state index in [1.54, 1.807) is 7.11 Å². The van der Waals surface area contributed by atoms with Gasteiger partial charge in [0.1, 0.15) is 5.75 Å². The van der Waals surface area contributed by atoms with E-state index in [-0.39, 0.29) is 6.17 Å². The zero-order valence-electron chi connectivity index (χ0n) is 12.0. The van der Waals surface area contributed by atoms with Gasteiger partial charge in [0.15, 0.2) is 0 Å². The molecule has 1 atom stereocenters. The maximum Gasteiger partial charge on any atom is 0.124 e. The van der Waals surface area contributed by atoms with Gasteiger partial charge in [0.05, 0.1) is 13.3 Å². The molecule has 1 aromatic rings. The van der Waals surface area contributed by atoms with Crippen LogP contribution in [0.15, 0.2) is 6.07 Å². The normalized spacial score (nSPS) is 12.9. The quantitative estimate of drug-likeness (QED) is 0.812. The highest BCUT2D eigenvalue weighted by molar-refractivity contribution is 5.49. The molecule has 0 bridgehead atoms. The van der Waals surface area contributed by atoms with Crippen LogP contribution in [0.1, 0.15) is 28.4 Å². The monoisotopic (exact) mass is 236 g/mol. The molecule has 3 nitrogen and oxygen atoms in total. The number of hydrogen-bond acceptors (Lipinski definition) is 3. The average molecular weight is 236 g/mol. The van der Waals surface area contributed by atoms with Crippen LogP contribution in [0.4, 0.5) is 0 Å². The predicted molar refractivity (Wildman–Crippen MR) is 72.7 cm³/mol. The van der Waals surface area contributed by atoms with Crippen molar-refractivity contribution in [2.24, 2.45) is 0 Å². The van der Waals surface area contributed by atoms with E-state index >= 15 is 0 Å². The molecule has 1 rings (SSSR count). The molecule has 3 heteroatoms. The standard InChI is InChI=1S/C14H24N2O/c1-9-8-12(14(15-4)16(5)6)10(2)11(3)13(9)17-7/h8,14-15H,1-7H3. The Kier molecular flexibility index (Phi) is 4.54. The Morgan fingerprint density at radius 2 is 1.76 bits per heavy atom. The molecule has 0 saturated carbocycles. The van der Waals surface area contributed by atoms with Crippen LogP contribution in [0.2, 0.25) is 0 Å². The summed E-state index contributed by atoms with van der Waals surface area (Å²) in [6.45, 7) is 6.37. The van der Waals surface area contributed by atoms with E-state index in [0.717, 1.165) is 5.75 Å². The smallest absolute Gasteiger partial charge is 0.124 e. The van der Waals surface area contributed by atoms with Gasteiger partial charge < -0.3 is 10.1 Å². The topological polar surface area (TPSA) is 24.5 Å². The minimum absolute atomic E-state index is 0.235. The second kappa shape index (κ2) is 5.52. The summed E-state index contributed by atoms with van der Waals surface area (Å²) in [7, 11) is 7.87. The average Bonchev–Trinajstić information content (AvgIpc) is 2.26. The van der Waals surface area contributed by atoms with Crippen LogP contribution < -0.4 is 10.1 Å². The molecule has 96 valence electrons. The third-order valence-corrected chi connectivity index (χ3v) is 3.35. The number of rotatable bonds is 4. The first kappa shape index (κ1) is 14.0. The summed E-state index contributed by atoms with van der Waals surface area (Å²) in [6, 6.07) is 2.21. The molecule has 17 heavy (non-hydrogen) atoms. The first-order valence-electron chi connectivity index (χ1n) is 5.92. The van der Waals surface area contributed by atoms with Crippen molar-refractivity contribution < 1.29 is 4.74 Å². The van der Waals surface area contributed by atoms with Crippen molar-refractivity contribution >= 4 is 0 Å². The summed E-state index contributed by atoms with van der Waals surface area (Å²) in [5.41, 5.74) is 5.02. The van der Waals surface area contributed by atoms with Crippen molar-refractivity contribution in [3.63, 3.8) is 0 Å². The van der Waals surface area contributed by atoms with Crippen molar-refractivity contribution in [1.82, 2.24) is 10.2 Å².